The molecule has 8 nitrogen and oxygen atoms in total. The van der Waals surface area contributed by atoms with Gasteiger partial charge in [-0.15, -0.1) is 0 Å². The predicted octanol–water partition coefficient (Wildman–Crippen LogP) is 11.4. The van der Waals surface area contributed by atoms with Crippen molar-refractivity contribution in [3.05, 3.63) is 202 Å². The van der Waals surface area contributed by atoms with Gasteiger partial charge in [-0.25, -0.2) is 19.2 Å². The maximum absolute atomic E-state index is 10.3. The molecule has 0 aliphatic rings. The van der Waals surface area contributed by atoms with Gasteiger partial charge in [0.15, 0.2) is 0 Å². The van der Waals surface area contributed by atoms with Crippen molar-refractivity contribution in [3.8, 4) is 0 Å². The second-order valence-electron chi connectivity index (χ2n) is 13.0. The predicted molar refractivity (Wildman–Crippen MR) is 223 cm³/mol. The Morgan fingerprint density at radius 1 is 0.286 bits per heavy atom. The van der Waals surface area contributed by atoms with Crippen LogP contribution < -0.4 is 0 Å². The Bertz CT molecular complexity index is 2190. The first-order valence-electron chi connectivity index (χ1n) is 17.6. The molecule has 0 aliphatic heterocycles. The Morgan fingerprint density at radius 3 is 0.625 bits per heavy atom. The fourth-order valence-electron chi connectivity index (χ4n) is 5.45. The molecule has 8 aromatic carbocycles. The van der Waals surface area contributed by atoms with E-state index in [1.807, 2.05) is 27.7 Å². The molecule has 0 spiro atoms. The third-order valence-corrected chi connectivity index (χ3v) is 8.59. The summed E-state index contributed by atoms with van der Waals surface area (Å²) in [6, 6.07) is 48.9. The standard InChI is InChI=1S/C16H10.4C8H8O2/c1-3-11-7-9-13-5-2-6-14-10-8-12(4-1)15(11)16(13)14;4*1-6-2-4-7(5-3-6)8(9)10/h1-10H;4*2-5H,1H3,(H,9,10). The van der Waals surface area contributed by atoms with E-state index < -0.39 is 23.9 Å². The van der Waals surface area contributed by atoms with Crippen LogP contribution in [0.2, 0.25) is 0 Å². The van der Waals surface area contributed by atoms with Crippen LogP contribution in [0.1, 0.15) is 63.7 Å². The number of hydrogen-bond acceptors (Lipinski definition) is 4. The monoisotopic (exact) mass is 746 g/mol. The van der Waals surface area contributed by atoms with Gasteiger partial charge in [-0.05, 0) is 109 Å². The lowest BCUT2D eigenvalue weighted by atomic mass is 9.95. The summed E-state index contributed by atoms with van der Waals surface area (Å²) in [5, 5.41) is 42.0. The van der Waals surface area contributed by atoms with Gasteiger partial charge >= 0.3 is 23.9 Å². The van der Waals surface area contributed by atoms with Crippen LogP contribution in [0.3, 0.4) is 0 Å². The van der Waals surface area contributed by atoms with Crippen LogP contribution in [-0.2, 0) is 0 Å². The minimum absolute atomic E-state index is 0.339. The van der Waals surface area contributed by atoms with Crippen molar-refractivity contribution in [3.63, 3.8) is 0 Å². The van der Waals surface area contributed by atoms with Gasteiger partial charge in [-0.3, -0.25) is 0 Å². The molecule has 0 saturated heterocycles. The van der Waals surface area contributed by atoms with E-state index >= 15 is 0 Å². The molecular weight excluding hydrogens is 705 g/mol. The Hall–Kier alpha value is -7.32. The van der Waals surface area contributed by atoms with Gasteiger partial charge in [-0.2, -0.15) is 0 Å². The van der Waals surface area contributed by atoms with E-state index in [1.165, 1.54) is 32.3 Å². The summed E-state index contributed by atoms with van der Waals surface area (Å²) >= 11 is 0. The average Bonchev–Trinajstić information content (AvgIpc) is 3.19. The summed E-state index contributed by atoms with van der Waals surface area (Å²) in [5.74, 6) is -3.50. The molecule has 8 rings (SSSR count). The van der Waals surface area contributed by atoms with Gasteiger partial charge in [0.2, 0.25) is 0 Å². The third-order valence-electron chi connectivity index (χ3n) is 8.59. The number of rotatable bonds is 4. The van der Waals surface area contributed by atoms with Crippen LogP contribution in [0, 0.1) is 27.7 Å². The SMILES string of the molecule is Cc1ccc(C(=O)O)cc1.Cc1ccc(C(=O)O)cc1.Cc1ccc(C(=O)O)cc1.Cc1ccc(C(=O)O)cc1.c1cc2ccc3cccc4ccc(c1)c2c34. The molecule has 8 aromatic rings. The molecule has 0 unspecified atom stereocenters. The molecule has 0 radical (unpaired) electrons. The van der Waals surface area contributed by atoms with Crippen LogP contribution in [-0.4, -0.2) is 44.3 Å². The van der Waals surface area contributed by atoms with E-state index in [0.29, 0.717) is 22.3 Å². The summed E-state index contributed by atoms with van der Waals surface area (Å²) < 4.78 is 0. The maximum atomic E-state index is 10.3. The van der Waals surface area contributed by atoms with E-state index in [0.717, 1.165) is 22.3 Å². The quantitative estimate of drug-likeness (QED) is 0.130. The van der Waals surface area contributed by atoms with E-state index in [2.05, 4.69) is 60.7 Å². The van der Waals surface area contributed by atoms with Gasteiger partial charge in [0.25, 0.3) is 0 Å². The van der Waals surface area contributed by atoms with Crippen molar-refractivity contribution in [2.45, 2.75) is 27.7 Å². The Labute approximate surface area is 324 Å². The fraction of sp³-hybridized carbons (Fsp3) is 0.0833. The number of aromatic carboxylic acids is 4. The zero-order valence-corrected chi connectivity index (χ0v) is 31.4. The molecule has 8 heteroatoms. The molecule has 0 amide bonds. The number of carboxylic acids is 4. The van der Waals surface area contributed by atoms with E-state index in [4.69, 9.17) is 20.4 Å². The van der Waals surface area contributed by atoms with Gasteiger partial charge in [0.1, 0.15) is 0 Å². The number of carboxylic acid groups (broad SMARTS) is 4. The van der Waals surface area contributed by atoms with Gasteiger partial charge in [-0.1, -0.05) is 131 Å². The first kappa shape index (κ1) is 41.4. The lowest BCUT2D eigenvalue weighted by molar-refractivity contribution is 0.0686. The van der Waals surface area contributed by atoms with Crippen LogP contribution >= 0.6 is 0 Å². The number of benzene rings is 8. The molecule has 0 fully saturated rings. The highest BCUT2D eigenvalue weighted by molar-refractivity contribution is 6.22. The second kappa shape index (κ2) is 19.7. The van der Waals surface area contributed by atoms with Crippen LogP contribution in [0.5, 0.6) is 0 Å². The van der Waals surface area contributed by atoms with E-state index in [9.17, 15) is 19.2 Å². The molecule has 0 bridgehead atoms. The number of aryl methyl sites for hydroxylation is 4. The minimum atomic E-state index is -0.875. The minimum Gasteiger partial charge on any atom is -0.478 e. The van der Waals surface area contributed by atoms with E-state index in [1.54, 1.807) is 97.1 Å². The van der Waals surface area contributed by atoms with Crippen molar-refractivity contribution in [1.82, 2.24) is 0 Å². The number of carbonyl (C=O) groups is 4. The highest BCUT2D eigenvalue weighted by Gasteiger charge is 2.06. The van der Waals surface area contributed by atoms with Gasteiger partial charge < -0.3 is 20.4 Å². The normalized spacial score (nSPS) is 10.0. The summed E-state index contributed by atoms with van der Waals surface area (Å²) in [7, 11) is 0. The summed E-state index contributed by atoms with van der Waals surface area (Å²) in [5.41, 5.74) is 5.65. The lowest BCUT2D eigenvalue weighted by Gasteiger charge is -2.09. The fourth-order valence-corrected chi connectivity index (χ4v) is 5.45. The van der Waals surface area contributed by atoms with Crippen LogP contribution in [0.15, 0.2) is 158 Å². The highest BCUT2D eigenvalue weighted by Crippen LogP contribution is 2.33. The largest absolute Gasteiger partial charge is 0.478 e. The zero-order valence-electron chi connectivity index (χ0n) is 31.4. The van der Waals surface area contributed by atoms with Crippen LogP contribution in [0.25, 0.3) is 32.3 Å². The lowest BCUT2D eigenvalue weighted by Crippen LogP contribution is -1.94. The first-order valence-corrected chi connectivity index (χ1v) is 17.6. The molecule has 4 N–H and O–H groups in total. The highest BCUT2D eigenvalue weighted by atomic mass is 16.4. The average molecular weight is 747 g/mol. The van der Waals surface area contributed by atoms with Gasteiger partial charge in [0.05, 0.1) is 22.3 Å². The molecular formula is C48H42O8. The summed E-state index contributed by atoms with van der Waals surface area (Å²) in [6.45, 7) is 7.69. The van der Waals surface area contributed by atoms with Crippen molar-refractivity contribution in [2.75, 3.05) is 0 Å². The zero-order chi connectivity index (χ0) is 40.8. The second-order valence-corrected chi connectivity index (χ2v) is 13.0. The maximum Gasteiger partial charge on any atom is 0.335 e. The number of hydrogen-bond donors (Lipinski definition) is 4. The van der Waals surface area contributed by atoms with E-state index in [-0.39, 0.29) is 0 Å². The van der Waals surface area contributed by atoms with Gasteiger partial charge in [0, 0.05) is 0 Å². The molecule has 0 atom stereocenters. The Kier molecular flexibility index (Phi) is 14.6. The Morgan fingerprint density at radius 2 is 0.464 bits per heavy atom. The molecule has 282 valence electrons. The topological polar surface area (TPSA) is 149 Å². The van der Waals surface area contributed by atoms with Crippen molar-refractivity contribution >= 4 is 56.2 Å². The smallest absolute Gasteiger partial charge is 0.335 e. The van der Waals surface area contributed by atoms with Crippen molar-refractivity contribution < 1.29 is 39.6 Å². The molecule has 0 saturated carbocycles. The Balaban J connectivity index is 0.000000159. The summed E-state index contributed by atoms with van der Waals surface area (Å²) in [4.78, 5) is 41.2. The van der Waals surface area contributed by atoms with Crippen molar-refractivity contribution in [1.29, 1.82) is 0 Å². The molecule has 0 aromatic heterocycles. The third kappa shape index (κ3) is 11.8. The molecule has 0 aliphatic carbocycles. The summed E-state index contributed by atoms with van der Waals surface area (Å²) in [6.07, 6.45) is 0. The molecule has 56 heavy (non-hydrogen) atoms. The van der Waals surface area contributed by atoms with Crippen molar-refractivity contribution in [2.24, 2.45) is 0 Å². The first-order chi connectivity index (χ1) is 26.7. The van der Waals surface area contributed by atoms with Crippen LogP contribution in [0.4, 0.5) is 0 Å². The molecule has 0 heterocycles.